The summed E-state index contributed by atoms with van der Waals surface area (Å²) in [4.78, 5) is 44.6. The number of aliphatic imine (C=N–C) groups is 1. The first-order valence-corrected chi connectivity index (χ1v) is 10.0. The maximum Gasteiger partial charge on any atom is 0.357 e. The van der Waals surface area contributed by atoms with E-state index in [2.05, 4.69) is 4.99 Å². The number of anilines is 1. The average molecular weight is 442 g/mol. The van der Waals surface area contributed by atoms with Crippen LogP contribution in [0.5, 0.6) is 0 Å². The van der Waals surface area contributed by atoms with Gasteiger partial charge in [-0.15, -0.1) is 0 Å². The lowest BCUT2D eigenvalue weighted by molar-refractivity contribution is -0.134. The second-order valence-corrected chi connectivity index (χ2v) is 6.91. The van der Waals surface area contributed by atoms with Crippen LogP contribution in [0.15, 0.2) is 102 Å². The Labute approximate surface area is 191 Å². The van der Waals surface area contributed by atoms with Gasteiger partial charge in [0.15, 0.2) is 5.71 Å². The Morgan fingerprint density at radius 1 is 0.818 bits per heavy atom. The number of nitrogens with zero attached hydrogens (tertiary/aromatic N) is 2. The molecule has 3 aromatic carbocycles. The third kappa shape index (κ3) is 5.40. The fourth-order valence-corrected chi connectivity index (χ4v) is 3.03. The van der Waals surface area contributed by atoms with Gasteiger partial charge in [0, 0.05) is 18.3 Å². The van der Waals surface area contributed by atoms with Crippen LogP contribution in [0.25, 0.3) is 5.76 Å². The zero-order valence-corrected chi connectivity index (χ0v) is 18.1. The first-order chi connectivity index (χ1) is 15.9. The van der Waals surface area contributed by atoms with E-state index in [-0.39, 0.29) is 5.56 Å². The molecule has 0 saturated heterocycles. The number of carbonyl (C=O) groups excluding carboxylic acids is 3. The lowest BCUT2D eigenvalue weighted by Gasteiger charge is -2.18. The van der Waals surface area contributed by atoms with Gasteiger partial charge in [-0.1, -0.05) is 66.7 Å². The van der Waals surface area contributed by atoms with Gasteiger partial charge in [0.2, 0.25) is 0 Å². The summed E-state index contributed by atoms with van der Waals surface area (Å²) in [7, 11) is 2.56. The number of methoxy groups -OCH3 is 1. The number of aliphatic hydroxyl groups excluding tert-OH is 1. The van der Waals surface area contributed by atoms with E-state index in [4.69, 9.17) is 4.74 Å². The third-order valence-corrected chi connectivity index (χ3v) is 4.77. The normalized spacial score (nSPS) is 11.9. The molecule has 0 saturated carbocycles. The standard InChI is InChI=1S/C26H22N2O5/c1-28(20-16-10-5-11-17-20)25(31)24(30)21(23(29)18-12-6-3-7-13-18)22(26(32)33-2)27-19-14-8-4-9-15-19/h3-17,29H,1-2H3/b23-21+,27-22?. The predicted octanol–water partition coefficient (Wildman–Crippen LogP) is 4.13. The molecule has 33 heavy (non-hydrogen) atoms. The summed E-state index contributed by atoms with van der Waals surface area (Å²) in [6.07, 6.45) is 0. The molecule has 0 aliphatic heterocycles. The first-order valence-electron chi connectivity index (χ1n) is 10.0. The molecule has 0 unspecified atom stereocenters. The third-order valence-electron chi connectivity index (χ3n) is 4.77. The van der Waals surface area contributed by atoms with Crippen molar-refractivity contribution >= 4 is 40.5 Å². The van der Waals surface area contributed by atoms with Gasteiger partial charge in [-0.05, 0) is 24.3 Å². The number of rotatable bonds is 7. The van der Waals surface area contributed by atoms with Crippen molar-refractivity contribution in [3.05, 3.63) is 102 Å². The Hall–Kier alpha value is -4.52. The van der Waals surface area contributed by atoms with Crippen LogP contribution in [0, 0.1) is 0 Å². The molecule has 1 amide bonds. The Kier molecular flexibility index (Phi) is 7.49. The minimum atomic E-state index is -1.11. The second-order valence-electron chi connectivity index (χ2n) is 6.91. The summed E-state index contributed by atoms with van der Waals surface area (Å²) >= 11 is 0. The van der Waals surface area contributed by atoms with Crippen LogP contribution in [0.3, 0.4) is 0 Å². The fraction of sp³-hybridized carbons (Fsp3) is 0.0769. The Bertz CT molecular complexity index is 1200. The molecule has 0 fully saturated rings. The number of hydrogen-bond acceptors (Lipinski definition) is 6. The summed E-state index contributed by atoms with van der Waals surface area (Å²) in [5.41, 5.74) is 0.0113. The number of benzene rings is 3. The number of amides is 1. The van der Waals surface area contributed by atoms with E-state index in [1.165, 1.54) is 7.05 Å². The van der Waals surface area contributed by atoms with Crippen molar-refractivity contribution in [1.29, 1.82) is 0 Å². The van der Waals surface area contributed by atoms with Crippen molar-refractivity contribution in [3.8, 4) is 0 Å². The topological polar surface area (TPSA) is 96.3 Å². The van der Waals surface area contributed by atoms with Gasteiger partial charge in [-0.3, -0.25) is 9.59 Å². The molecule has 0 heterocycles. The molecule has 3 rings (SSSR count). The highest BCUT2D eigenvalue weighted by Crippen LogP contribution is 2.23. The summed E-state index contributed by atoms with van der Waals surface area (Å²) in [5.74, 6) is -3.60. The van der Waals surface area contributed by atoms with E-state index < -0.39 is 34.7 Å². The van der Waals surface area contributed by atoms with Crippen LogP contribution in [0.1, 0.15) is 5.56 Å². The van der Waals surface area contributed by atoms with Crippen molar-refractivity contribution < 1.29 is 24.2 Å². The van der Waals surface area contributed by atoms with E-state index in [1.807, 2.05) is 0 Å². The summed E-state index contributed by atoms with van der Waals surface area (Å²) in [6, 6.07) is 25.0. The first kappa shape index (κ1) is 23.1. The lowest BCUT2D eigenvalue weighted by Crippen LogP contribution is -2.37. The molecule has 3 aromatic rings. The van der Waals surface area contributed by atoms with E-state index in [1.54, 1.807) is 91.0 Å². The quantitative estimate of drug-likeness (QED) is 0.195. The Balaban J connectivity index is 2.19. The average Bonchev–Trinajstić information content (AvgIpc) is 2.88. The number of ether oxygens (including phenoxy) is 1. The number of esters is 1. The maximum absolute atomic E-state index is 13.4. The van der Waals surface area contributed by atoms with Crippen LogP contribution in [0.2, 0.25) is 0 Å². The summed E-state index contributed by atoms with van der Waals surface area (Å²) in [6.45, 7) is 0. The van der Waals surface area contributed by atoms with Crippen molar-refractivity contribution in [2.75, 3.05) is 19.1 Å². The van der Waals surface area contributed by atoms with Crippen LogP contribution in [0.4, 0.5) is 11.4 Å². The Morgan fingerprint density at radius 3 is 1.88 bits per heavy atom. The molecule has 1 N–H and O–H groups in total. The molecule has 7 nitrogen and oxygen atoms in total. The zero-order chi connectivity index (χ0) is 23.8. The maximum atomic E-state index is 13.4. The highest BCUT2D eigenvalue weighted by atomic mass is 16.5. The molecular weight excluding hydrogens is 420 g/mol. The van der Waals surface area contributed by atoms with E-state index in [0.717, 1.165) is 12.0 Å². The van der Waals surface area contributed by atoms with E-state index in [9.17, 15) is 19.5 Å². The number of carbonyl (C=O) groups is 3. The van der Waals surface area contributed by atoms with Crippen molar-refractivity contribution in [2.24, 2.45) is 4.99 Å². The van der Waals surface area contributed by atoms with Crippen LogP contribution in [-0.4, -0.2) is 42.6 Å². The SMILES string of the molecule is COC(=O)C(=Nc1ccccc1)/C(C(=O)C(=O)N(C)c1ccccc1)=C(\O)c1ccccc1. The number of hydrogen-bond donors (Lipinski definition) is 1. The predicted molar refractivity (Wildman–Crippen MR) is 126 cm³/mol. The molecule has 0 spiro atoms. The number of ketones is 1. The molecule has 7 heteroatoms. The van der Waals surface area contributed by atoms with Gasteiger partial charge in [0.25, 0.3) is 11.7 Å². The number of aliphatic hydroxyl groups is 1. The summed E-state index contributed by atoms with van der Waals surface area (Å²) < 4.78 is 4.83. The van der Waals surface area contributed by atoms with E-state index in [0.29, 0.717) is 11.4 Å². The van der Waals surface area contributed by atoms with Gasteiger partial charge < -0.3 is 14.7 Å². The molecule has 166 valence electrons. The monoisotopic (exact) mass is 442 g/mol. The molecule has 0 radical (unpaired) electrons. The fourth-order valence-electron chi connectivity index (χ4n) is 3.03. The molecular formula is C26H22N2O5. The van der Waals surface area contributed by atoms with Gasteiger partial charge in [-0.2, -0.15) is 0 Å². The summed E-state index contributed by atoms with van der Waals surface area (Å²) in [5, 5.41) is 11.0. The van der Waals surface area contributed by atoms with Gasteiger partial charge >= 0.3 is 5.97 Å². The van der Waals surface area contributed by atoms with Crippen LogP contribution in [-0.2, 0) is 19.1 Å². The lowest BCUT2D eigenvalue weighted by atomic mass is 9.98. The van der Waals surface area contributed by atoms with Gasteiger partial charge in [0.05, 0.1) is 12.8 Å². The minimum absolute atomic E-state index is 0.237. The second kappa shape index (κ2) is 10.7. The van der Waals surface area contributed by atoms with Gasteiger partial charge in [-0.25, -0.2) is 9.79 Å². The van der Waals surface area contributed by atoms with Crippen molar-refractivity contribution in [1.82, 2.24) is 0 Å². The van der Waals surface area contributed by atoms with Crippen molar-refractivity contribution in [3.63, 3.8) is 0 Å². The molecule has 0 aliphatic carbocycles. The number of Topliss-reactive ketones (excluding diaryl/α,β-unsaturated/α-hetero) is 1. The Morgan fingerprint density at radius 2 is 1.33 bits per heavy atom. The zero-order valence-electron chi connectivity index (χ0n) is 18.1. The highest BCUT2D eigenvalue weighted by molar-refractivity contribution is 6.62. The molecule has 0 aromatic heterocycles. The number of para-hydroxylation sites is 2. The molecule has 0 atom stereocenters. The van der Waals surface area contributed by atoms with Crippen LogP contribution >= 0.6 is 0 Å². The van der Waals surface area contributed by atoms with E-state index >= 15 is 0 Å². The van der Waals surface area contributed by atoms with Crippen LogP contribution < -0.4 is 4.90 Å². The largest absolute Gasteiger partial charge is 0.506 e. The molecule has 0 bridgehead atoms. The highest BCUT2D eigenvalue weighted by Gasteiger charge is 2.34. The smallest absolute Gasteiger partial charge is 0.357 e. The van der Waals surface area contributed by atoms with Gasteiger partial charge in [0.1, 0.15) is 11.3 Å². The van der Waals surface area contributed by atoms with Crippen molar-refractivity contribution in [2.45, 2.75) is 0 Å². The molecule has 0 aliphatic rings. The minimum Gasteiger partial charge on any atom is -0.506 e. The number of likely N-dealkylation sites (N-methyl/N-ethyl adjacent to an activating group) is 1.